The average molecular weight is 492 g/mol. The number of nitriles is 1. The van der Waals surface area contributed by atoms with E-state index in [0.29, 0.717) is 40.3 Å². The highest BCUT2D eigenvalue weighted by Crippen LogP contribution is 2.39. The van der Waals surface area contributed by atoms with Crippen molar-refractivity contribution < 1.29 is 9.90 Å². The zero-order chi connectivity index (χ0) is 23.0. The molecule has 2 aromatic carbocycles. The third-order valence-corrected chi connectivity index (χ3v) is 6.07. The number of hydrogen-bond donors (Lipinski definition) is 1. The zero-order valence-electron chi connectivity index (χ0n) is 18.1. The number of carbonyl (C=O) groups is 1. The second-order valence-corrected chi connectivity index (χ2v) is 8.45. The van der Waals surface area contributed by atoms with Crippen LogP contribution in [0.25, 0.3) is 16.5 Å². The van der Waals surface area contributed by atoms with Crippen molar-refractivity contribution in [3.8, 4) is 11.9 Å². The predicted octanol–water partition coefficient (Wildman–Crippen LogP) is 3.43. The summed E-state index contributed by atoms with van der Waals surface area (Å²) in [6.45, 7) is 6.92. The Morgan fingerprint density at radius 3 is 2.56 bits per heavy atom. The third-order valence-electron chi connectivity index (χ3n) is 5.58. The van der Waals surface area contributed by atoms with Gasteiger partial charge in [0.05, 0.1) is 21.8 Å². The van der Waals surface area contributed by atoms with Gasteiger partial charge in [0.1, 0.15) is 18.2 Å². The molecule has 32 heavy (non-hydrogen) atoms. The summed E-state index contributed by atoms with van der Waals surface area (Å²) in [5.74, 6) is -0.0151. The quantitative estimate of drug-likeness (QED) is 0.553. The number of fused-ring (bicyclic) bond motifs is 2. The highest BCUT2D eigenvalue weighted by Gasteiger charge is 2.25. The van der Waals surface area contributed by atoms with Gasteiger partial charge >= 0.3 is 0 Å². The van der Waals surface area contributed by atoms with Crippen LogP contribution in [0.15, 0.2) is 56.7 Å². The first kappa shape index (κ1) is 21.8. The van der Waals surface area contributed by atoms with Crippen molar-refractivity contribution in [2.24, 2.45) is 9.98 Å². The van der Waals surface area contributed by atoms with Crippen LogP contribution in [0.2, 0.25) is 0 Å². The van der Waals surface area contributed by atoms with Crippen molar-refractivity contribution in [1.29, 1.82) is 5.26 Å². The second kappa shape index (κ2) is 8.60. The van der Waals surface area contributed by atoms with Gasteiger partial charge in [-0.2, -0.15) is 5.26 Å². The molecule has 0 bridgehead atoms. The maximum atomic E-state index is 12.8. The van der Waals surface area contributed by atoms with Gasteiger partial charge in [-0.1, -0.05) is 22.0 Å². The third kappa shape index (κ3) is 3.69. The number of likely N-dealkylation sites (N-methyl/N-ethyl adjacent to an activating group) is 1. The van der Waals surface area contributed by atoms with Crippen LogP contribution in [-0.4, -0.2) is 33.6 Å². The molecule has 1 aliphatic rings. The van der Waals surface area contributed by atoms with Crippen LogP contribution in [0.4, 0.5) is 0 Å². The topological polar surface area (TPSA) is 94.0 Å². The summed E-state index contributed by atoms with van der Waals surface area (Å²) in [4.78, 5) is 23.6. The van der Waals surface area contributed by atoms with E-state index in [-0.39, 0.29) is 29.7 Å². The molecule has 0 saturated heterocycles. The van der Waals surface area contributed by atoms with Crippen LogP contribution < -0.4 is 10.7 Å². The number of amides is 1. The number of aryl methyl sites for hydroxylation is 1. The molecule has 0 fully saturated rings. The standard InChI is InChI=1S/C24H22BrN5O2/c1-4-29(5-2)21(31)13-30-20-9-7-15(25)11-16(20)22(24(30)32)17(12-26)23-27-18-8-6-14(3)10-19(18)28-23/h6-11,32H,4-5,13H2,1-3H3/b23-17-. The Labute approximate surface area is 193 Å². The van der Waals surface area contributed by atoms with Gasteiger partial charge in [0.2, 0.25) is 11.8 Å². The van der Waals surface area contributed by atoms with Gasteiger partial charge in [-0.25, -0.2) is 9.98 Å². The number of rotatable bonds is 5. The zero-order valence-corrected chi connectivity index (χ0v) is 19.6. The maximum Gasteiger partial charge on any atom is 0.242 e. The number of nitrogens with zero attached hydrogens (tertiary/aromatic N) is 5. The monoisotopic (exact) mass is 491 g/mol. The van der Waals surface area contributed by atoms with Crippen LogP contribution in [0.5, 0.6) is 5.88 Å². The van der Waals surface area contributed by atoms with Crippen LogP contribution >= 0.6 is 15.9 Å². The molecule has 0 radical (unpaired) electrons. The summed E-state index contributed by atoms with van der Waals surface area (Å²) >= 11 is 3.47. The summed E-state index contributed by atoms with van der Waals surface area (Å²) < 4.78 is 2.34. The summed E-state index contributed by atoms with van der Waals surface area (Å²) in [5, 5.41) is 23.3. The average Bonchev–Trinajstić information content (AvgIpc) is 3.29. The molecule has 1 N–H and O–H groups in total. The van der Waals surface area contributed by atoms with Crippen LogP contribution in [0.1, 0.15) is 25.0 Å². The molecule has 2 heterocycles. The van der Waals surface area contributed by atoms with Gasteiger partial charge < -0.3 is 14.6 Å². The highest BCUT2D eigenvalue weighted by molar-refractivity contribution is 9.10. The lowest BCUT2D eigenvalue weighted by Crippen LogP contribution is -2.33. The lowest BCUT2D eigenvalue weighted by Gasteiger charge is -2.19. The summed E-state index contributed by atoms with van der Waals surface area (Å²) in [6, 6.07) is 13.4. The SMILES string of the molecule is CCN(CC)C(=O)Cn1c(O)c(/C(C#N)=C2/N=c3ccc(C)cc3=N2)c2cc(Br)ccc21. The van der Waals surface area contributed by atoms with E-state index < -0.39 is 0 Å². The predicted molar refractivity (Wildman–Crippen MR) is 125 cm³/mol. The highest BCUT2D eigenvalue weighted by atomic mass is 79.9. The van der Waals surface area contributed by atoms with Crippen LogP contribution in [-0.2, 0) is 11.3 Å². The van der Waals surface area contributed by atoms with Gasteiger partial charge in [-0.15, -0.1) is 0 Å². The van der Waals surface area contributed by atoms with Crippen molar-refractivity contribution in [1.82, 2.24) is 9.47 Å². The molecule has 0 aliphatic carbocycles. The van der Waals surface area contributed by atoms with Crippen molar-refractivity contribution in [3.05, 3.63) is 68.5 Å². The number of carbonyl (C=O) groups excluding carboxylic acids is 1. The fourth-order valence-electron chi connectivity index (χ4n) is 3.93. The maximum absolute atomic E-state index is 12.8. The van der Waals surface area contributed by atoms with E-state index in [9.17, 15) is 15.2 Å². The lowest BCUT2D eigenvalue weighted by molar-refractivity contribution is -0.131. The Morgan fingerprint density at radius 1 is 1.16 bits per heavy atom. The van der Waals surface area contributed by atoms with E-state index in [1.54, 1.807) is 9.47 Å². The summed E-state index contributed by atoms with van der Waals surface area (Å²) in [7, 11) is 0. The minimum atomic E-state index is -0.153. The van der Waals surface area contributed by atoms with E-state index in [2.05, 4.69) is 32.0 Å². The van der Waals surface area contributed by atoms with Crippen LogP contribution in [0, 0.1) is 18.3 Å². The minimum absolute atomic E-state index is 0.0343. The fourth-order valence-corrected chi connectivity index (χ4v) is 4.29. The van der Waals surface area contributed by atoms with Crippen LogP contribution in [0.3, 0.4) is 0 Å². The molecule has 7 nitrogen and oxygen atoms in total. The number of aromatic hydroxyl groups is 1. The molecule has 0 atom stereocenters. The van der Waals surface area contributed by atoms with E-state index in [1.807, 2.05) is 57.2 Å². The Kier molecular flexibility index (Phi) is 5.85. The Balaban J connectivity index is 1.95. The first-order chi connectivity index (χ1) is 15.4. The number of aromatic nitrogens is 1. The van der Waals surface area contributed by atoms with Crippen molar-refractivity contribution in [3.63, 3.8) is 0 Å². The number of halogens is 1. The molecule has 162 valence electrons. The smallest absolute Gasteiger partial charge is 0.242 e. The molecular formula is C24H22BrN5O2. The van der Waals surface area contributed by atoms with E-state index in [0.717, 1.165) is 10.0 Å². The van der Waals surface area contributed by atoms with Gasteiger partial charge in [0.15, 0.2) is 5.82 Å². The van der Waals surface area contributed by atoms with Crippen molar-refractivity contribution in [2.75, 3.05) is 13.1 Å². The van der Waals surface area contributed by atoms with E-state index >= 15 is 0 Å². The number of hydrogen-bond acceptors (Lipinski definition) is 5. The number of benzene rings is 2. The molecular weight excluding hydrogens is 470 g/mol. The molecule has 3 aromatic rings. The molecule has 1 aliphatic heterocycles. The summed E-state index contributed by atoms with van der Waals surface area (Å²) in [5.41, 5.74) is 2.18. The minimum Gasteiger partial charge on any atom is -0.494 e. The normalized spacial score (nSPS) is 13.8. The largest absolute Gasteiger partial charge is 0.494 e. The molecule has 0 saturated carbocycles. The van der Waals surface area contributed by atoms with Crippen molar-refractivity contribution in [2.45, 2.75) is 27.3 Å². The molecule has 8 heteroatoms. The fraction of sp³-hybridized carbons (Fsp3) is 0.250. The van der Waals surface area contributed by atoms with Gasteiger partial charge in [-0.3, -0.25) is 4.79 Å². The molecule has 0 unspecified atom stereocenters. The first-order valence-electron chi connectivity index (χ1n) is 10.3. The molecule has 1 amide bonds. The first-order valence-corrected chi connectivity index (χ1v) is 11.1. The molecule has 1 aromatic heterocycles. The van der Waals surface area contributed by atoms with Gasteiger partial charge in [0, 0.05) is 22.9 Å². The Hall–Kier alpha value is -3.44. The lowest BCUT2D eigenvalue weighted by atomic mass is 10.1. The van der Waals surface area contributed by atoms with E-state index in [4.69, 9.17) is 0 Å². The number of allylic oxidation sites excluding steroid dienone is 1. The van der Waals surface area contributed by atoms with Gasteiger partial charge in [-0.05, 0) is 56.7 Å². The Morgan fingerprint density at radius 2 is 1.88 bits per heavy atom. The summed E-state index contributed by atoms with van der Waals surface area (Å²) in [6.07, 6.45) is 0. The van der Waals surface area contributed by atoms with Crippen molar-refractivity contribution >= 4 is 38.3 Å². The van der Waals surface area contributed by atoms with E-state index in [1.165, 1.54) is 0 Å². The second-order valence-electron chi connectivity index (χ2n) is 7.54. The molecule has 4 rings (SSSR count). The Bertz CT molecular complexity index is 1440. The van der Waals surface area contributed by atoms with Gasteiger partial charge in [0.25, 0.3) is 0 Å². The molecule has 0 spiro atoms.